The molecule has 1 aliphatic heterocycles. The quantitative estimate of drug-likeness (QED) is 0.278. The van der Waals surface area contributed by atoms with Gasteiger partial charge in [-0.3, -0.25) is 14.4 Å². The molecule has 12 atom stereocenters. The first-order chi connectivity index (χ1) is 21.8. The van der Waals surface area contributed by atoms with Crippen molar-refractivity contribution in [1.29, 1.82) is 0 Å². The SMILES string of the molecule is CC(=O)O[C@@H]1C[C@]23COC[C@@](C)([C@@H]2CC[C@H]2C3=CC(=O)[C@@]3(C)[C@H](C(=O)O)[C@@](C)([C@H](C)C(C)C)CC[C@]23C)[C@H]1OCC(N)COC(C)C. The number of ketones is 1. The topological polar surface area (TPSA) is 134 Å². The predicted octanol–water partition coefficient (Wildman–Crippen LogP) is 5.82. The van der Waals surface area contributed by atoms with Crippen LogP contribution in [-0.4, -0.2) is 73.6 Å². The molecule has 9 heteroatoms. The van der Waals surface area contributed by atoms with E-state index in [9.17, 15) is 19.5 Å². The Bertz CT molecular complexity index is 1280. The molecule has 0 aromatic heterocycles. The van der Waals surface area contributed by atoms with Gasteiger partial charge in [-0.1, -0.05) is 54.0 Å². The van der Waals surface area contributed by atoms with Gasteiger partial charge in [-0.25, -0.2) is 0 Å². The number of rotatable bonds is 10. The number of fused-ring (bicyclic) bond motifs is 3. The van der Waals surface area contributed by atoms with Gasteiger partial charge in [0.25, 0.3) is 0 Å². The van der Waals surface area contributed by atoms with Gasteiger partial charge in [0.05, 0.1) is 44.5 Å². The maximum atomic E-state index is 14.8. The third-order valence-electron chi connectivity index (χ3n) is 14.4. The number of ether oxygens (including phenoxy) is 4. The van der Waals surface area contributed by atoms with Crippen molar-refractivity contribution >= 4 is 17.7 Å². The van der Waals surface area contributed by atoms with Crippen LogP contribution >= 0.6 is 0 Å². The lowest BCUT2D eigenvalue weighted by Gasteiger charge is -2.70. The number of allylic oxidation sites excluding steroid dienone is 1. The number of carbonyl (C=O) groups excluding carboxylic acids is 2. The van der Waals surface area contributed by atoms with Gasteiger partial charge in [0.15, 0.2) is 5.78 Å². The second-order valence-corrected chi connectivity index (χ2v) is 17.5. The second-order valence-electron chi connectivity index (χ2n) is 17.5. The fourth-order valence-corrected chi connectivity index (χ4v) is 11.6. The fourth-order valence-electron chi connectivity index (χ4n) is 11.6. The molecule has 1 saturated heterocycles. The molecule has 47 heavy (non-hydrogen) atoms. The Balaban J connectivity index is 1.57. The maximum absolute atomic E-state index is 14.8. The molecule has 4 aliphatic carbocycles. The van der Waals surface area contributed by atoms with E-state index in [0.29, 0.717) is 32.2 Å². The summed E-state index contributed by atoms with van der Waals surface area (Å²) in [6, 6.07) is -0.334. The Morgan fingerprint density at radius 2 is 1.72 bits per heavy atom. The average molecular weight is 660 g/mol. The molecule has 0 aromatic rings. The smallest absolute Gasteiger partial charge is 0.308 e. The molecule has 0 amide bonds. The summed E-state index contributed by atoms with van der Waals surface area (Å²) >= 11 is 0. The normalized spacial score (nSPS) is 44.1. The van der Waals surface area contributed by atoms with Crippen molar-refractivity contribution in [3.05, 3.63) is 11.6 Å². The van der Waals surface area contributed by atoms with Crippen LogP contribution in [0.2, 0.25) is 0 Å². The summed E-state index contributed by atoms with van der Waals surface area (Å²) in [4.78, 5) is 40.7. The van der Waals surface area contributed by atoms with Gasteiger partial charge >= 0.3 is 11.9 Å². The van der Waals surface area contributed by atoms with Crippen LogP contribution in [-0.2, 0) is 33.3 Å². The first-order valence-electron chi connectivity index (χ1n) is 18.0. The lowest BCUT2D eigenvalue weighted by Crippen LogP contribution is -2.71. The highest BCUT2D eigenvalue weighted by atomic mass is 16.6. The van der Waals surface area contributed by atoms with Crippen LogP contribution < -0.4 is 5.73 Å². The second kappa shape index (κ2) is 12.5. The highest BCUT2D eigenvalue weighted by Gasteiger charge is 2.74. The van der Waals surface area contributed by atoms with Gasteiger partial charge in [-0.05, 0) is 86.5 Å². The summed E-state index contributed by atoms with van der Waals surface area (Å²) < 4.78 is 24.9. The summed E-state index contributed by atoms with van der Waals surface area (Å²) in [6.45, 7) is 21.8. The fraction of sp³-hybridized carbons (Fsp3) is 0.868. The van der Waals surface area contributed by atoms with Gasteiger partial charge in [0.2, 0.25) is 0 Å². The van der Waals surface area contributed by atoms with E-state index in [0.717, 1.165) is 31.3 Å². The number of carbonyl (C=O) groups is 3. The highest BCUT2D eigenvalue weighted by molar-refractivity contribution is 6.00. The van der Waals surface area contributed by atoms with Crippen LogP contribution in [0.4, 0.5) is 0 Å². The van der Waals surface area contributed by atoms with Crippen LogP contribution in [0.1, 0.15) is 101 Å². The van der Waals surface area contributed by atoms with Crippen LogP contribution in [0.3, 0.4) is 0 Å². The Hall–Kier alpha value is -1.81. The molecule has 1 heterocycles. The minimum absolute atomic E-state index is 0.0187. The standard InChI is InChI=1S/C38H61NO8/c1-21(2)23(5)34(7)13-14-36(9)26-11-12-29-35(8)19-44-20-38(29,27(26)15-30(41)37(36,10)31(34)33(42)43)16-28(47-24(6)40)32(35)46-18-25(39)17-45-22(3)4/h15,21-23,25-26,28-29,31-32H,11-14,16-20,39H2,1-10H3,(H,42,43)/t23-,25?,26+,28-,29+,31-,32+,34-,35+,36-,37+,38-/m1/s1. The van der Waals surface area contributed by atoms with Crippen LogP contribution in [0.5, 0.6) is 0 Å². The molecule has 266 valence electrons. The van der Waals surface area contributed by atoms with Gasteiger partial charge in [-0.15, -0.1) is 0 Å². The van der Waals surface area contributed by atoms with Gasteiger partial charge in [-0.2, -0.15) is 0 Å². The summed E-state index contributed by atoms with van der Waals surface area (Å²) in [6.07, 6.45) is 4.70. The molecule has 3 saturated carbocycles. The third kappa shape index (κ3) is 5.45. The third-order valence-corrected chi connectivity index (χ3v) is 14.4. The zero-order chi connectivity index (χ0) is 34.9. The van der Waals surface area contributed by atoms with Gasteiger partial charge in [0.1, 0.15) is 12.2 Å². The Morgan fingerprint density at radius 1 is 1.04 bits per heavy atom. The lowest BCUT2D eigenvalue weighted by atomic mass is 9.34. The minimum atomic E-state index is -1.06. The Morgan fingerprint density at radius 3 is 2.32 bits per heavy atom. The highest BCUT2D eigenvalue weighted by Crippen LogP contribution is 2.74. The van der Waals surface area contributed by atoms with E-state index in [1.807, 2.05) is 26.8 Å². The molecule has 0 aromatic carbocycles. The van der Waals surface area contributed by atoms with Gasteiger partial charge in [0, 0.05) is 23.2 Å². The van der Waals surface area contributed by atoms with Crippen molar-refractivity contribution in [2.24, 2.45) is 62.4 Å². The number of hydrogen-bond acceptors (Lipinski definition) is 8. The number of carboxylic acid groups (broad SMARTS) is 1. The molecular weight excluding hydrogens is 598 g/mol. The molecule has 4 fully saturated rings. The molecule has 2 bridgehead atoms. The molecule has 5 rings (SSSR count). The van der Waals surface area contributed by atoms with E-state index >= 15 is 0 Å². The number of aliphatic carboxylic acids is 1. The van der Waals surface area contributed by atoms with Crippen LogP contribution in [0, 0.1) is 56.7 Å². The first kappa shape index (κ1) is 36.5. The lowest BCUT2D eigenvalue weighted by molar-refractivity contribution is -0.266. The Labute approximate surface area is 282 Å². The van der Waals surface area contributed by atoms with Crippen LogP contribution in [0.15, 0.2) is 11.6 Å². The van der Waals surface area contributed by atoms with E-state index in [-0.39, 0.29) is 48.3 Å². The number of esters is 1. The largest absolute Gasteiger partial charge is 0.481 e. The number of hydrogen-bond donors (Lipinski definition) is 2. The van der Waals surface area contributed by atoms with Crippen molar-refractivity contribution in [2.75, 3.05) is 26.4 Å². The Kier molecular flexibility index (Phi) is 9.70. The van der Waals surface area contributed by atoms with E-state index in [1.54, 1.807) is 0 Å². The molecule has 1 unspecified atom stereocenters. The van der Waals surface area contributed by atoms with Crippen molar-refractivity contribution in [2.45, 2.75) is 126 Å². The van der Waals surface area contributed by atoms with Crippen molar-refractivity contribution in [3.8, 4) is 0 Å². The van der Waals surface area contributed by atoms with E-state index < -0.39 is 51.2 Å². The monoisotopic (exact) mass is 659 g/mol. The van der Waals surface area contributed by atoms with Gasteiger partial charge < -0.3 is 29.8 Å². The number of nitrogens with two attached hydrogens (primary N) is 1. The summed E-state index contributed by atoms with van der Waals surface area (Å²) in [5.41, 5.74) is 4.32. The number of carboxylic acids is 1. The minimum Gasteiger partial charge on any atom is -0.481 e. The average Bonchev–Trinajstić information content (AvgIpc) is 2.96. The summed E-state index contributed by atoms with van der Waals surface area (Å²) in [5.74, 6) is -1.55. The summed E-state index contributed by atoms with van der Waals surface area (Å²) in [7, 11) is 0. The molecular formula is C38H61NO8. The zero-order valence-corrected chi connectivity index (χ0v) is 30.5. The maximum Gasteiger partial charge on any atom is 0.308 e. The van der Waals surface area contributed by atoms with E-state index in [2.05, 4.69) is 41.5 Å². The molecule has 0 spiro atoms. The molecule has 3 N–H and O–H groups in total. The van der Waals surface area contributed by atoms with Crippen molar-refractivity contribution in [1.82, 2.24) is 0 Å². The molecule has 5 aliphatic rings. The predicted molar refractivity (Wildman–Crippen MR) is 178 cm³/mol. The molecule has 0 radical (unpaired) electrons. The zero-order valence-electron chi connectivity index (χ0n) is 30.5. The van der Waals surface area contributed by atoms with Crippen molar-refractivity contribution in [3.63, 3.8) is 0 Å². The van der Waals surface area contributed by atoms with Crippen LogP contribution in [0.25, 0.3) is 0 Å². The molecule has 9 nitrogen and oxygen atoms in total. The van der Waals surface area contributed by atoms with Crippen molar-refractivity contribution < 1.29 is 38.4 Å². The van der Waals surface area contributed by atoms with E-state index in [1.165, 1.54) is 6.92 Å². The summed E-state index contributed by atoms with van der Waals surface area (Å²) in [5, 5.41) is 10.9. The first-order valence-corrected chi connectivity index (χ1v) is 18.0. The van der Waals surface area contributed by atoms with E-state index in [4.69, 9.17) is 24.7 Å².